The van der Waals surface area contributed by atoms with Gasteiger partial charge in [0, 0.05) is 13.0 Å². The van der Waals surface area contributed by atoms with E-state index in [0.717, 1.165) is 12.5 Å². The van der Waals surface area contributed by atoms with Gasteiger partial charge in [0.25, 0.3) is 0 Å². The Bertz CT molecular complexity index is 441. The highest BCUT2D eigenvalue weighted by atomic mass is 16.5. The summed E-state index contributed by atoms with van der Waals surface area (Å²) in [5.41, 5.74) is 4.45. The Hall–Kier alpha value is -1.08. The number of hydrogen-bond donors (Lipinski definition) is 0. The molecular weight excluding hydrogens is 220 g/mol. The van der Waals surface area contributed by atoms with Gasteiger partial charge in [0.05, 0.1) is 6.61 Å². The molecule has 1 heteroatoms. The first kappa shape index (κ1) is 12.0. The summed E-state index contributed by atoms with van der Waals surface area (Å²) < 4.78 is 5.41. The molecule has 2 aliphatic rings. The topological polar surface area (TPSA) is 9.23 Å². The molecule has 0 spiro atoms. The molecule has 18 heavy (non-hydrogen) atoms. The van der Waals surface area contributed by atoms with Crippen molar-refractivity contribution in [2.75, 3.05) is 13.7 Å². The summed E-state index contributed by atoms with van der Waals surface area (Å²) in [4.78, 5) is 0. The zero-order valence-electron chi connectivity index (χ0n) is 11.2. The summed E-state index contributed by atoms with van der Waals surface area (Å²) in [5.74, 6) is 1.46. The Morgan fingerprint density at radius 2 is 1.89 bits per heavy atom. The number of hydrogen-bond acceptors (Lipinski definition) is 1. The zero-order chi connectivity index (χ0) is 12.4. The predicted octanol–water partition coefficient (Wildman–Crippen LogP) is 4.39. The molecule has 0 saturated heterocycles. The fourth-order valence-corrected chi connectivity index (χ4v) is 3.74. The highest BCUT2D eigenvalue weighted by molar-refractivity contribution is 5.66. The van der Waals surface area contributed by atoms with Crippen LogP contribution < -0.4 is 0 Å². The predicted molar refractivity (Wildman–Crippen MR) is 75.6 cm³/mol. The third-order valence-electron chi connectivity index (χ3n) is 4.50. The Morgan fingerprint density at radius 3 is 2.67 bits per heavy atom. The third-order valence-corrected chi connectivity index (χ3v) is 4.50. The minimum atomic E-state index is 0.626. The normalized spacial score (nSPS) is 23.8. The Morgan fingerprint density at radius 1 is 1.11 bits per heavy atom. The molecule has 0 radical (unpaired) electrons. The maximum atomic E-state index is 5.41. The van der Waals surface area contributed by atoms with Gasteiger partial charge in [0.15, 0.2) is 0 Å². The van der Waals surface area contributed by atoms with Crippen molar-refractivity contribution in [3.63, 3.8) is 0 Å². The Kier molecular flexibility index (Phi) is 3.51. The molecular formula is C17H22O. The molecule has 3 rings (SSSR count). The van der Waals surface area contributed by atoms with Crippen LogP contribution in [0.4, 0.5) is 0 Å². The van der Waals surface area contributed by atoms with Gasteiger partial charge in [0.1, 0.15) is 0 Å². The average molecular weight is 242 g/mol. The lowest BCUT2D eigenvalue weighted by Gasteiger charge is -2.30. The van der Waals surface area contributed by atoms with Gasteiger partial charge in [-0.1, -0.05) is 49.6 Å². The van der Waals surface area contributed by atoms with E-state index in [1.165, 1.54) is 48.8 Å². The molecule has 1 saturated carbocycles. The van der Waals surface area contributed by atoms with E-state index < -0.39 is 0 Å². The molecule has 1 aromatic carbocycles. The zero-order valence-corrected chi connectivity index (χ0v) is 11.2. The monoisotopic (exact) mass is 242 g/mol. The minimum Gasteiger partial charge on any atom is -0.380 e. The van der Waals surface area contributed by atoms with Crippen LogP contribution in [0.25, 0.3) is 6.08 Å². The second kappa shape index (κ2) is 5.27. The van der Waals surface area contributed by atoms with Gasteiger partial charge >= 0.3 is 0 Å². The standard InChI is InChI=1S/C17H22O/c1-18-12-15-11-14-9-5-6-10-16(14)17(15)13-7-3-2-4-8-13/h5-6,9-11,13,17H,2-4,7-8,12H2,1H3. The molecule has 0 aliphatic heterocycles. The largest absolute Gasteiger partial charge is 0.380 e. The van der Waals surface area contributed by atoms with Gasteiger partial charge in [-0.05, 0) is 35.5 Å². The van der Waals surface area contributed by atoms with Gasteiger partial charge in [0.2, 0.25) is 0 Å². The highest BCUT2D eigenvalue weighted by Crippen LogP contribution is 2.46. The molecule has 1 fully saturated rings. The van der Waals surface area contributed by atoms with E-state index in [1.807, 2.05) is 7.11 Å². The van der Waals surface area contributed by atoms with Crippen LogP contribution in [0.15, 0.2) is 29.8 Å². The van der Waals surface area contributed by atoms with E-state index in [1.54, 1.807) is 0 Å². The summed E-state index contributed by atoms with van der Waals surface area (Å²) in [5, 5.41) is 0. The second-order valence-electron chi connectivity index (χ2n) is 5.66. The lowest BCUT2D eigenvalue weighted by Crippen LogP contribution is -2.18. The smallest absolute Gasteiger partial charge is 0.0682 e. The maximum absolute atomic E-state index is 5.41. The summed E-state index contributed by atoms with van der Waals surface area (Å²) in [7, 11) is 1.81. The third kappa shape index (κ3) is 2.12. The van der Waals surface area contributed by atoms with Crippen LogP contribution >= 0.6 is 0 Å². The molecule has 0 N–H and O–H groups in total. The number of rotatable bonds is 3. The average Bonchev–Trinajstić information content (AvgIpc) is 2.78. The van der Waals surface area contributed by atoms with Gasteiger partial charge in [-0.2, -0.15) is 0 Å². The molecule has 2 aliphatic carbocycles. The molecule has 0 bridgehead atoms. The minimum absolute atomic E-state index is 0.626. The first-order valence-corrected chi connectivity index (χ1v) is 7.18. The molecule has 0 aromatic heterocycles. The van der Waals surface area contributed by atoms with E-state index in [4.69, 9.17) is 4.74 Å². The summed E-state index contributed by atoms with van der Waals surface area (Å²) in [6.07, 6.45) is 9.37. The SMILES string of the molecule is COCC1=Cc2ccccc2C1C1CCCCC1. The molecule has 1 atom stereocenters. The lowest BCUT2D eigenvalue weighted by atomic mass is 9.75. The second-order valence-corrected chi connectivity index (χ2v) is 5.66. The fraction of sp³-hybridized carbons (Fsp3) is 0.529. The van der Waals surface area contributed by atoms with Crippen molar-refractivity contribution < 1.29 is 4.74 Å². The Balaban J connectivity index is 1.91. The molecule has 0 heterocycles. The van der Waals surface area contributed by atoms with E-state index in [2.05, 4.69) is 30.3 Å². The van der Waals surface area contributed by atoms with Crippen molar-refractivity contribution in [3.05, 3.63) is 41.0 Å². The van der Waals surface area contributed by atoms with Crippen molar-refractivity contribution in [1.82, 2.24) is 0 Å². The van der Waals surface area contributed by atoms with Crippen molar-refractivity contribution in [3.8, 4) is 0 Å². The fourth-order valence-electron chi connectivity index (χ4n) is 3.74. The first-order chi connectivity index (χ1) is 8.90. The van der Waals surface area contributed by atoms with Crippen molar-refractivity contribution >= 4 is 6.08 Å². The molecule has 96 valence electrons. The van der Waals surface area contributed by atoms with Gasteiger partial charge in [-0.25, -0.2) is 0 Å². The van der Waals surface area contributed by atoms with E-state index in [0.29, 0.717) is 5.92 Å². The summed E-state index contributed by atoms with van der Waals surface area (Å²) in [6, 6.07) is 8.88. The van der Waals surface area contributed by atoms with E-state index >= 15 is 0 Å². The number of fused-ring (bicyclic) bond motifs is 1. The van der Waals surface area contributed by atoms with Gasteiger partial charge in [-0.15, -0.1) is 0 Å². The van der Waals surface area contributed by atoms with Crippen LogP contribution in [0.2, 0.25) is 0 Å². The van der Waals surface area contributed by atoms with Crippen LogP contribution in [0.1, 0.15) is 49.1 Å². The summed E-state index contributed by atoms with van der Waals surface area (Å²) in [6.45, 7) is 0.788. The van der Waals surface area contributed by atoms with Crippen LogP contribution in [0, 0.1) is 5.92 Å². The summed E-state index contributed by atoms with van der Waals surface area (Å²) >= 11 is 0. The van der Waals surface area contributed by atoms with Crippen molar-refractivity contribution in [2.24, 2.45) is 5.92 Å². The quantitative estimate of drug-likeness (QED) is 0.763. The number of ether oxygens (including phenoxy) is 1. The van der Waals surface area contributed by atoms with E-state index in [9.17, 15) is 0 Å². The number of methoxy groups -OCH3 is 1. The lowest BCUT2D eigenvalue weighted by molar-refractivity contribution is 0.212. The molecule has 1 nitrogen and oxygen atoms in total. The Labute approximate surface area is 110 Å². The van der Waals surface area contributed by atoms with Crippen LogP contribution in [-0.2, 0) is 4.74 Å². The van der Waals surface area contributed by atoms with Gasteiger partial charge < -0.3 is 4.74 Å². The number of benzene rings is 1. The molecule has 1 unspecified atom stereocenters. The van der Waals surface area contributed by atoms with Crippen molar-refractivity contribution in [1.29, 1.82) is 0 Å². The maximum Gasteiger partial charge on any atom is 0.0682 e. The van der Waals surface area contributed by atoms with Crippen LogP contribution in [0.5, 0.6) is 0 Å². The molecule has 0 amide bonds. The highest BCUT2D eigenvalue weighted by Gasteiger charge is 2.32. The first-order valence-electron chi connectivity index (χ1n) is 7.18. The van der Waals surface area contributed by atoms with Gasteiger partial charge in [-0.3, -0.25) is 0 Å². The van der Waals surface area contributed by atoms with Crippen LogP contribution in [0.3, 0.4) is 0 Å². The van der Waals surface area contributed by atoms with Crippen LogP contribution in [-0.4, -0.2) is 13.7 Å². The van der Waals surface area contributed by atoms with E-state index in [-0.39, 0.29) is 0 Å². The molecule has 1 aromatic rings. The van der Waals surface area contributed by atoms with Crippen molar-refractivity contribution in [2.45, 2.75) is 38.0 Å².